The summed E-state index contributed by atoms with van der Waals surface area (Å²) < 4.78 is 5.15. The molecule has 8 nitrogen and oxygen atoms in total. The Balaban J connectivity index is 1.37. The van der Waals surface area contributed by atoms with Gasteiger partial charge in [-0.3, -0.25) is 24.0 Å². The van der Waals surface area contributed by atoms with Crippen LogP contribution < -0.4 is 10.6 Å². The van der Waals surface area contributed by atoms with E-state index in [1.165, 1.54) is 30.4 Å². The number of rotatable bonds is 7. The number of hydrogen-bond donors (Lipinski definition) is 2. The minimum atomic E-state index is -1.15. The first-order valence-electron chi connectivity index (χ1n) is 10.5. The quantitative estimate of drug-likeness (QED) is 0.396. The molecule has 0 saturated heterocycles. The highest BCUT2D eigenvalue weighted by Crippen LogP contribution is 2.32. The number of ether oxygens (including phenoxy) is 1. The number of amides is 2. The van der Waals surface area contributed by atoms with Gasteiger partial charge in [-0.05, 0) is 24.4 Å². The Morgan fingerprint density at radius 2 is 1.62 bits per heavy atom. The van der Waals surface area contributed by atoms with E-state index < -0.39 is 18.0 Å². The van der Waals surface area contributed by atoms with Gasteiger partial charge in [0.25, 0.3) is 11.8 Å². The first-order valence-corrected chi connectivity index (χ1v) is 11.4. The maximum absolute atomic E-state index is 13.0. The molecule has 0 aliphatic heterocycles. The number of hydrogen-bond acceptors (Lipinski definition) is 7. The van der Waals surface area contributed by atoms with Gasteiger partial charge in [0.1, 0.15) is 0 Å². The topological polar surface area (TPSA) is 119 Å². The summed E-state index contributed by atoms with van der Waals surface area (Å²) in [6.45, 7) is 1.46. The molecule has 2 aromatic carbocycles. The molecule has 1 unspecified atom stereocenters. The van der Waals surface area contributed by atoms with E-state index in [1.807, 2.05) is 0 Å². The molecule has 4 rings (SSSR count). The van der Waals surface area contributed by atoms with Crippen molar-refractivity contribution in [3.8, 4) is 0 Å². The average molecular weight is 477 g/mol. The van der Waals surface area contributed by atoms with Crippen LogP contribution in [0, 0.1) is 0 Å². The van der Waals surface area contributed by atoms with E-state index in [9.17, 15) is 24.0 Å². The Morgan fingerprint density at radius 3 is 2.32 bits per heavy atom. The van der Waals surface area contributed by atoms with Crippen molar-refractivity contribution in [2.75, 3.05) is 11.9 Å². The molecule has 1 aliphatic rings. The minimum Gasteiger partial charge on any atom is -0.452 e. The third kappa shape index (κ3) is 4.65. The standard InChI is InChI=1S/C25H20N2O6S/c1-14(33-20(28)11-12-26-25(32)19-10-5-13-34-19)24(31)27-18-9-4-8-17-21(18)23(30)16-7-3-2-6-15(16)22(17)29/h2-10,13-14H,11-12H2,1H3,(H,26,32)(H,27,31). The average Bonchev–Trinajstić information content (AvgIpc) is 3.37. The van der Waals surface area contributed by atoms with Crippen LogP contribution in [0.4, 0.5) is 5.69 Å². The molecule has 1 aromatic heterocycles. The van der Waals surface area contributed by atoms with Crippen LogP contribution in [-0.2, 0) is 14.3 Å². The van der Waals surface area contributed by atoms with E-state index in [0.717, 1.165) is 0 Å². The summed E-state index contributed by atoms with van der Waals surface area (Å²) in [5, 5.41) is 6.98. The predicted molar refractivity (Wildman–Crippen MR) is 125 cm³/mol. The zero-order valence-electron chi connectivity index (χ0n) is 18.1. The van der Waals surface area contributed by atoms with Crippen LogP contribution in [0.3, 0.4) is 0 Å². The van der Waals surface area contributed by atoms with Crippen molar-refractivity contribution >= 4 is 46.4 Å². The van der Waals surface area contributed by atoms with E-state index >= 15 is 0 Å². The van der Waals surface area contributed by atoms with Gasteiger partial charge in [-0.1, -0.05) is 42.5 Å². The Morgan fingerprint density at radius 1 is 0.912 bits per heavy atom. The third-order valence-corrected chi connectivity index (χ3v) is 6.12. The van der Waals surface area contributed by atoms with Crippen molar-refractivity contribution in [1.82, 2.24) is 5.32 Å². The third-order valence-electron chi connectivity index (χ3n) is 5.25. The number of nitrogens with one attached hydrogen (secondary N) is 2. The van der Waals surface area contributed by atoms with Gasteiger partial charge < -0.3 is 15.4 Å². The van der Waals surface area contributed by atoms with Crippen molar-refractivity contribution in [2.24, 2.45) is 0 Å². The van der Waals surface area contributed by atoms with Gasteiger partial charge in [0, 0.05) is 23.2 Å². The van der Waals surface area contributed by atoms with Gasteiger partial charge in [0.15, 0.2) is 17.7 Å². The van der Waals surface area contributed by atoms with E-state index in [2.05, 4.69) is 10.6 Å². The van der Waals surface area contributed by atoms with Gasteiger partial charge in [0.2, 0.25) is 0 Å². The second-order valence-corrected chi connectivity index (χ2v) is 8.48. The molecule has 0 bridgehead atoms. The molecule has 1 aliphatic carbocycles. The second kappa shape index (κ2) is 9.80. The predicted octanol–water partition coefficient (Wildman–Crippen LogP) is 3.21. The maximum atomic E-state index is 13.0. The molecular weight excluding hydrogens is 456 g/mol. The number of fused-ring (bicyclic) bond motifs is 2. The van der Waals surface area contributed by atoms with Gasteiger partial charge in [-0.25, -0.2) is 0 Å². The molecule has 2 amide bonds. The van der Waals surface area contributed by atoms with Crippen molar-refractivity contribution in [2.45, 2.75) is 19.4 Å². The Labute approximate surface area is 198 Å². The molecule has 2 N–H and O–H groups in total. The molecule has 0 spiro atoms. The first-order chi connectivity index (χ1) is 16.4. The van der Waals surface area contributed by atoms with Crippen LogP contribution in [0.2, 0.25) is 0 Å². The minimum absolute atomic E-state index is 0.0616. The number of thiophene rings is 1. The second-order valence-electron chi connectivity index (χ2n) is 7.54. The lowest BCUT2D eigenvalue weighted by atomic mass is 9.83. The van der Waals surface area contributed by atoms with Gasteiger partial charge in [-0.2, -0.15) is 0 Å². The lowest BCUT2D eigenvalue weighted by Gasteiger charge is -2.21. The normalized spacial score (nSPS) is 12.9. The van der Waals surface area contributed by atoms with Crippen molar-refractivity contribution in [3.63, 3.8) is 0 Å². The Kier molecular flexibility index (Phi) is 6.65. The zero-order valence-corrected chi connectivity index (χ0v) is 18.9. The summed E-state index contributed by atoms with van der Waals surface area (Å²) in [4.78, 5) is 63.0. The molecule has 172 valence electrons. The summed E-state index contributed by atoms with van der Waals surface area (Å²) >= 11 is 1.29. The van der Waals surface area contributed by atoms with Crippen molar-refractivity contribution < 1.29 is 28.7 Å². The SMILES string of the molecule is CC(OC(=O)CCNC(=O)c1cccs1)C(=O)Nc1cccc2c1C(=O)c1ccccc1C2=O. The maximum Gasteiger partial charge on any atom is 0.308 e. The molecule has 34 heavy (non-hydrogen) atoms. The fraction of sp³-hybridized carbons (Fsp3) is 0.160. The molecule has 0 saturated carbocycles. The lowest BCUT2D eigenvalue weighted by molar-refractivity contribution is -0.153. The lowest BCUT2D eigenvalue weighted by Crippen LogP contribution is -2.33. The first kappa shape index (κ1) is 23.1. The van der Waals surface area contributed by atoms with Gasteiger partial charge in [0.05, 0.1) is 22.5 Å². The highest BCUT2D eigenvalue weighted by atomic mass is 32.1. The molecule has 0 fully saturated rings. The molecule has 9 heteroatoms. The number of carbonyl (C=O) groups excluding carboxylic acids is 5. The van der Waals surface area contributed by atoms with Gasteiger partial charge >= 0.3 is 5.97 Å². The molecule has 1 atom stereocenters. The van der Waals surface area contributed by atoms with E-state index in [4.69, 9.17) is 4.74 Å². The molecule has 3 aromatic rings. The Hall–Kier alpha value is -4.11. The van der Waals surface area contributed by atoms with Crippen LogP contribution in [0.15, 0.2) is 60.0 Å². The number of carbonyl (C=O) groups is 5. The van der Waals surface area contributed by atoms with E-state index in [1.54, 1.807) is 47.8 Å². The monoisotopic (exact) mass is 476 g/mol. The highest BCUT2D eigenvalue weighted by molar-refractivity contribution is 7.12. The summed E-state index contributed by atoms with van der Waals surface area (Å²) in [7, 11) is 0. The number of benzene rings is 2. The van der Waals surface area contributed by atoms with Crippen LogP contribution in [0.1, 0.15) is 54.9 Å². The largest absolute Gasteiger partial charge is 0.452 e. The van der Waals surface area contributed by atoms with Crippen molar-refractivity contribution in [1.29, 1.82) is 0 Å². The number of ketones is 2. The van der Waals surface area contributed by atoms with E-state index in [-0.39, 0.29) is 52.8 Å². The van der Waals surface area contributed by atoms with Crippen molar-refractivity contribution in [3.05, 3.63) is 87.1 Å². The van der Waals surface area contributed by atoms with E-state index in [0.29, 0.717) is 10.4 Å². The fourth-order valence-corrected chi connectivity index (χ4v) is 4.21. The fourth-order valence-electron chi connectivity index (χ4n) is 3.57. The summed E-state index contributed by atoms with van der Waals surface area (Å²) in [5.74, 6) is -2.27. The van der Waals surface area contributed by atoms with Crippen LogP contribution in [-0.4, -0.2) is 42.0 Å². The van der Waals surface area contributed by atoms with Crippen LogP contribution >= 0.6 is 11.3 Å². The van der Waals surface area contributed by atoms with Crippen LogP contribution in [0.5, 0.6) is 0 Å². The van der Waals surface area contributed by atoms with Crippen LogP contribution in [0.25, 0.3) is 0 Å². The Bertz CT molecular complexity index is 1300. The summed E-state index contributed by atoms with van der Waals surface area (Å²) in [6.07, 6.45) is -1.27. The molecule has 0 radical (unpaired) electrons. The van der Waals surface area contributed by atoms with Gasteiger partial charge in [-0.15, -0.1) is 11.3 Å². The summed E-state index contributed by atoms with van der Waals surface area (Å²) in [6, 6.07) is 14.6. The smallest absolute Gasteiger partial charge is 0.308 e. The number of esters is 1. The molecule has 1 heterocycles. The highest BCUT2D eigenvalue weighted by Gasteiger charge is 2.32. The molecular formula is C25H20N2O6S. The zero-order chi connectivity index (χ0) is 24.2. The number of anilines is 1. The summed E-state index contributed by atoms with van der Waals surface area (Å²) in [5.41, 5.74) is 1.06.